The number of piperazine rings is 1. The van der Waals surface area contributed by atoms with Gasteiger partial charge in [-0.1, -0.05) is 36.4 Å². The first-order valence-corrected chi connectivity index (χ1v) is 9.42. The summed E-state index contributed by atoms with van der Waals surface area (Å²) in [5, 5.41) is 0. The number of esters is 1. The molecule has 28 heavy (non-hydrogen) atoms. The lowest BCUT2D eigenvalue weighted by Crippen LogP contribution is -2.50. The van der Waals surface area contributed by atoms with Crippen molar-refractivity contribution in [3.63, 3.8) is 0 Å². The molecule has 0 atom stereocenters. The summed E-state index contributed by atoms with van der Waals surface area (Å²) in [7, 11) is 0. The summed E-state index contributed by atoms with van der Waals surface area (Å²) < 4.78 is 5.04. The molecule has 3 rings (SSSR count). The molecule has 1 saturated heterocycles. The molecule has 1 aliphatic rings. The van der Waals surface area contributed by atoms with Gasteiger partial charge in [-0.05, 0) is 30.2 Å². The first-order chi connectivity index (χ1) is 13.5. The van der Waals surface area contributed by atoms with Crippen LogP contribution >= 0.6 is 0 Å². The van der Waals surface area contributed by atoms with Crippen LogP contribution in [-0.2, 0) is 16.0 Å². The summed E-state index contributed by atoms with van der Waals surface area (Å²) in [6.45, 7) is 3.37. The highest BCUT2D eigenvalue weighted by atomic mass is 16.5. The minimum Gasteiger partial charge on any atom is -0.427 e. The number of hydrogen-bond acceptors (Lipinski definition) is 4. The van der Waals surface area contributed by atoms with Gasteiger partial charge in [0, 0.05) is 45.1 Å². The van der Waals surface area contributed by atoms with Crippen molar-refractivity contribution in [2.24, 2.45) is 0 Å². The van der Waals surface area contributed by atoms with E-state index in [1.165, 1.54) is 6.92 Å². The Hall–Kier alpha value is -3.15. The number of hydrogen-bond donors (Lipinski definition) is 0. The van der Waals surface area contributed by atoms with Gasteiger partial charge in [-0.3, -0.25) is 14.4 Å². The summed E-state index contributed by atoms with van der Waals surface area (Å²) >= 11 is 0. The SMILES string of the molecule is CC(=O)Oc1cccc(C(=O)N2CCN(C(=O)CCc3ccccc3)CC2)c1. The van der Waals surface area contributed by atoms with Crippen LogP contribution in [0.25, 0.3) is 0 Å². The third-order valence-corrected chi connectivity index (χ3v) is 4.73. The zero-order valence-corrected chi connectivity index (χ0v) is 16.0. The number of rotatable bonds is 5. The first-order valence-electron chi connectivity index (χ1n) is 9.42. The average Bonchev–Trinajstić information content (AvgIpc) is 2.72. The summed E-state index contributed by atoms with van der Waals surface area (Å²) in [6, 6.07) is 16.6. The zero-order chi connectivity index (χ0) is 19.9. The topological polar surface area (TPSA) is 66.9 Å². The Morgan fingerprint density at radius 1 is 0.893 bits per heavy atom. The van der Waals surface area contributed by atoms with E-state index in [0.717, 1.165) is 12.0 Å². The van der Waals surface area contributed by atoms with E-state index in [0.29, 0.717) is 43.9 Å². The molecule has 0 radical (unpaired) electrons. The molecular weight excluding hydrogens is 356 g/mol. The molecule has 146 valence electrons. The highest BCUT2D eigenvalue weighted by Crippen LogP contribution is 2.17. The van der Waals surface area contributed by atoms with E-state index in [-0.39, 0.29) is 11.8 Å². The van der Waals surface area contributed by atoms with Gasteiger partial charge in [0.25, 0.3) is 5.91 Å². The maximum Gasteiger partial charge on any atom is 0.308 e. The molecule has 6 heteroatoms. The predicted molar refractivity (Wildman–Crippen MR) is 105 cm³/mol. The standard InChI is InChI=1S/C22H24N2O4/c1-17(25)28-20-9-5-8-19(16-20)22(27)24-14-12-23(13-15-24)21(26)11-10-18-6-3-2-4-7-18/h2-9,16H,10-15H2,1H3. The third kappa shape index (κ3) is 5.19. The number of benzene rings is 2. The highest BCUT2D eigenvalue weighted by Gasteiger charge is 2.24. The monoisotopic (exact) mass is 380 g/mol. The molecule has 6 nitrogen and oxygen atoms in total. The second-order valence-corrected chi connectivity index (χ2v) is 6.78. The van der Waals surface area contributed by atoms with Gasteiger partial charge in [-0.25, -0.2) is 0 Å². The Morgan fingerprint density at radius 2 is 1.57 bits per heavy atom. The second kappa shape index (κ2) is 9.17. The second-order valence-electron chi connectivity index (χ2n) is 6.78. The summed E-state index contributed by atoms with van der Waals surface area (Å²) in [4.78, 5) is 39.8. The van der Waals surface area contributed by atoms with Crippen LogP contribution in [0.1, 0.15) is 29.3 Å². The van der Waals surface area contributed by atoms with Crippen LogP contribution in [-0.4, -0.2) is 53.8 Å². The van der Waals surface area contributed by atoms with Crippen molar-refractivity contribution in [3.8, 4) is 5.75 Å². The Bertz CT molecular complexity index is 843. The number of ether oxygens (including phenoxy) is 1. The van der Waals surface area contributed by atoms with Crippen LogP contribution in [0.3, 0.4) is 0 Å². The van der Waals surface area contributed by atoms with E-state index in [1.54, 1.807) is 29.2 Å². The van der Waals surface area contributed by atoms with Crippen molar-refractivity contribution in [3.05, 3.63) is 65.7 Å². The minimum absolute atomic E-state index is 0.118. The minimum atomic E-state index is -0.424. The summed E-state index contributed by atoms with van der Waals surface area (Å²) in [5.41, 5.74) is 1.62. The molecule has 1 aliphatic heterocycles. The van der Waals surface area contributed by atoms with Crippen molar-refractivity contribution in [1.29, 1.82) is 0 Å². The maximum atomic E-state index is 12.7. The van der Waals surface area contributed by atoms with Gasteiger partial charge in [-0.2, -0.15) is 0 Å². The number of carbonyl (C=O) groups is 3. The van der Waals surface area contributed by atoms with E-state index in [9.17, 15) is 14.4 Å². The van der Waals surface area contributed by atoms with Gasteiger partial charge >= 0.3 is 5.97 Å². The number of nitrogens with zero attached hydrogens (tertiary/aromatic N) is 2. The Kier molecular flexibility index (Phi) is 6.42. The quantitative estimate of drug-likeness (QED) is 0.591. The van der Waals surface area contributed by atoms with Crippen molar-refractivity contribution in [2.75, 3.05) is 26.2 Å². The van der Waals surface area contributed by atoms with Crippen molar-refractivity contribution in [2.45, 2.75) is 19.8 Å². The lowest BCUT2D eigenvalue weighted by Gasteiger charge is -2.35. The normalized spacial score (nSPS) is 13.9. The van der Waals surface area contributed by atoms with Crippen LogP contribution in [0.4, 0.5) is 0 Å². The molecule has 0 aliphatic carbocycles. The highest BCUT2D eigenvalue weighted by molar-refractivity contribution is 5.95. The average molecular weight is 380 g/mol. The van der Waals surface area contributed by atoms with Crippen LogP contribution in [0.2, 0.25) is 0 Å². The predicted octanol–water partition coefficient (Wildman–Crippen LogP) is 2.53. The molecule has 0 unspecified atom stereocenters. The number of amides is 2. The Morgan fingerprint density at radius 3 is 2.25 bits per heavy atom. The Labute approximate surface area is 164 Å². The van der Waals surface area contributed by atoms with E-state index in [2.05, 4.69) is 0 Å². The number of aryl methyl sites for hydroxylation is 1. The van der Waals surface area contributed by atoms with Crippen LogP contribution in [0, 0.1) is 0 Å². The fourth-order valence-electron chi connectivity index (χ4n) is 3.25. The lowest BCUT2D eigenvalue weighted by molar-refractivity contribution is -0.133. The van der Waals surface area contributed by atoms with Gasteiger partial charge < -0.3 is 14.5 Å². The Balaban J connectivity index is 1.51. The number of carbonyl (C=O) groups excluding carboxylic acids is 3. The molecule has 0 aromatic heterocycles. The third-order valence-electron chi connectivity index (χ3n) is 4.73. The summed E-state index contributed by atoms with van der Waals surface area (Å²) in [6.07, 6.45) is 1.20. The van der Waals surface area contributed by atoms with Crippen LogP contribution in [0.5, 0.6) is 5.75 Å². The molecule has 0 N–H and O–H groups in total. The van der Waals surface area contributed by atoms with Crippen molar-refractivity contribution >= 4 is 17.8 Å². The molecule has 1 fully saturated rings. The van der Waals surface area contributed by atoms with E-state index in [4.69, 9.17) is 4.74 Å². The van der Waals surface area contributed by atoms with E-state index >= 15 is 0 Å². The lowest BCUT2D eigenvalue weighted by atomic mass is 10.1. The molecule has 2 aromatic carbocycles. The maximum absolute atomic E-state index is 12.7. The smallest absolute Gasteiger partial charge is 0.308 e. The molecule has 0 spiro atoms. The molecule has 0 saturated carbocycles. The molecule has 2 aromatic rings. The van der Waals surface area contributed by atoms with Gasteiger partial charge in [0.2, 0.25) is 5.91 Å². The van der Waals surface area contributed by atoms with Crippen LogP contribution in [0.15, 0.2) is 54.6 Å². The van der Waals surface area contributed by atoms with Gasteiger partial charge in [0.1, 0.15) is 5.75 Å². The van der Waals surface area contributed by atoms with Crippen LogP contribution < -0.4 is 4.74 Å². The zero-order valence-electron chi connectivity index (χ0n) is 16.0. The van der Waals surface area contributed by atoms with E-state index in [1.807, 2.05) is 35.2 Å². The fourth-order valence-corrected chi connectivity index (χ4v) is 3.25. The summed E-state index contributed by atoms with van der Waals surface area (Å²) in [5.74, 6) is -0.0708. The van der Waals surface area contributed by atoms with Gasteiger partial charge in [0.05, 0.1) is 0 Å². The van der Waals surface area contributed by atoms with Gasteiger partial charge in [-0.15, -0.1) is 0 Å². The first kappa shape index (κ1) is 19.6. The molecular formula is C22H24N2O4. The van der Waals surface area contributed by atoms with Gasteiger partial charge in [0.15, 0.2) is 0 Å². The fraction of sp³-hybridized carbons (Fsp3) is 0.318. The molecule has 1 heterocycles. The van der Waals surface area contributed by atoms with Crippen molar-refractivity contribution < 1.29 is 19.1 Å². The molecule has 0 bridgehead atoms. The van der Waals surface area contributed by atoms with Crippen molar-refractivity contribution in [1.82, 2.24) is 9.80 Å². The molecule has 2 amide bonds. The van der Waals surface area contributed by atoms with E-state index < -0.39 is 5.97 Å². The largest absolute Gasteiger partial charge is 0.427 e.